The predicted octanol–water partition coefficient (Wildman–Crippen LogP) is 1.83. The second-order valence-corrected chi connectivity index (χ2v) is 10.8. The van der Waals surface area contributed by atoms with Crippen LogP contribution in [0.3, 0.4) is 0 Å². The summed E-state index contributed by atoms with van der Waals surface area (Å²) >= 11 is 0. The van der Waals surface area contributed by atoms with E-state index in [1.54, 1.807) is 39.1 Å². The molecule has 38 heavy (non-hydrogen) atoms. The lowest BCUT2D eigenvalue weighted by Crippen LogP contribution is -2.65. The molecule has 3 atom stereocenters. The Morgan fingerprint density at radius 2 is 1.92 bits per heavy atom. The Morgan fingerprint density at radius 1 is 1.18 bits per heavy atom. The third kappa shape index (κ3) is 5.55. The van der Waals surface area contributed by atoms with Crippen molar-refractivity contribution < 1.29 is 19.1 Å². The summed E-state index contributed by atoms with van der Waals surface area (Å²) in [4.78, 5) is 47.0. The molecule has 2 aliphatic heterocycles. The summed E-state index contributed by atoms with van der Waals surface area (Å²) in [6.45, 7) is 6.39. The molecule has 2 aromatic rings. The van der Waals surface area contributed by atoms with E-state index in [1.807, 2.05) is 30.3 Å². The van der Waals surface area contributed by atoms with Gasteiger partial charge in [0.2, 0.25) is 11.4 Å². The van der Waals surface area contributed by atoms with Crippen LogP contribution in [0.4, 0.5) is 0 Å². The van der Waals surface area contributed by atoms with Crippen LogP contribution in [0.2, 0.25) is 0 Å². The highest BCUT2D eigenvalue weighted by atomic mass is 16.6. The highest BCUT2D eigenvalue weighted by Crippen LogP contribution is 2.40. The van der Waals surface area contributed by atoms with E-state index in [-0.39, 0.29) is 18.3 Å². The molecule has 3 heterocycles. The fourth-order valence-electron chi connectivity index (χ4n) is 5.24. The van der Waals surface area contributed by atoms with Gasteiger partial charge in [-0.15, -0.1) is 0 Å². The number of amidine groups is 1. The van der Waals surface area contributed by atoms with Crippen molar-refractivity contribution in [3.05, 3.63) is 65.5 Å². The van der Waals surface area contributed by atoms with Gasteiger partial charge < -0.3 is 20.7 Å². The third-order valence-electron chi connectivity index (χ3n) is 7.00. The largest absolute Gasteiger partial charge is 0.458 e. The number of rotatable bonds is 7. The maximum absolute atomic E-state index is 14.3. The highest BCUT2D eigenvalue weighted by Gasteiger charge is 2.60. The van der Waals surface area contributed by atoms with E-state index in [0.29, 0.717) is 38.0 Å². The van der Waals surface area contributed by atoms with Gasteiger partial charge in [-0.3, -0.25) is 25.3 Å². The minimum absolute atomic E-state index is 0.131. The number of pyridine rings is 1. The molecule has 1 aromatic heterocycles. The number of amides is 2. The van der Waals surface area contributed by atoms with E-state index in [9.17, 15) is 14.4 Å². The van der Waals surface area contributed by atoms with Gasteiger partial charge in [-0.2, -0.15) is 0 Å². The van der Waals surface area contributed by atoms with Crippen molar-refractivity contribution in [1.29, 1.82) is 5.41 Å². The van der Waals surface area contributed by atoms with Crippen LogP contribution in [0, 0.1) is 5.41 Å². The minimum atomic E-state index is -1.62. The van der Waals surface area contributed by atoms with Crippen LogP contribution in [0.5, 0.6) is 0 Å². The first-order valence-corrected chi connectivity index (χ1v) is 12.9. The van der Waals surface area contributed by atoms with Crippen molar-refractivity contribution in [2.24, 2.45) is 5.73 Å². The predicted molar refractivity (Wildman–Crippen MR) is 142 cm³/mol. The normalized spacial score (nSPS) is 23.2. The summed E-state index contributed by atoms with van der Waals surface area (Å²) in [7, 11) is 0. The van der Waals surface area contributed by atoms with Gasteiger partial charge in [0.25, 0.3) is 5.91 Å². The number of benzene rings is 1. The lowest BCUT2D eigenvalue weighted by molar-refractivity contribution is -0.170. The number of esters is 1. The molecule has 5 N–H and O–H groups in total. The van der Waals surface area contributed by atoms with Crippen LogP contribution in [0.1, 0.15) is 62.8 Å². The Balaban J connectivity index is 1.57. The fourth-order valence-corrected chi connectivity index (χ4v) is 5.24. The quantitative estimate of drug-likeness (QED) is 0.188. The molecule has 4 rings (SSSR count). The molecule has 202 valence electrons. The Labute approximate surface area is 222 Å². The number of nitrogens with one attached hydrogen (secondary N) is 3. The number of nitrogen functional groups attached to an aromatic ring is 1. The zero-order valence-corrected chi connectivity index (χ0v) is 22.1. The van der Waals surface area contributed by atoms with E-state index < -0.39 is 35.0 Å². The number of nitrogens with two attached hydrogens (primary N) is 1. The van der Waals surface area contributed by atoms with Gasteiger partial charge in [-0.25, -0.2) is 4.79 Å². The molecule has 0 saturated carbocycles. The van der Waals surface area contributed by atoms with Crippen molar-refractivity contribution in [2.75, 3.05) is 13.1 Å². The summed E-state index contributed by atoms with van der Waals surface area (Å²) in [5, 5.41) is 13.6. The average Bonchev–Trinajstić information content (AvgIpc) is 3.55. The number of aromatic nitrogens is 1. The summed E-state index contributed by atoms with van der Waals surface area (Å²) < 4.78 is 5.80. The van der Waals surface area contributed by atoms with Gasteiger partial charge in [0.1, 0.15) is 23.2 Å². The highest BCUT2D eigenvalue weighted by molar-refractivity contribution is 6.10. The van der Waals surface area contributed by atoms with Crippen molar-refractivity contribution in [3.63, 3.8) is 0 Å². The number of carbonyl (C=O) groups is 3. The Hall–Kier alpha value is -3.79. The molecule has 0 bridgehead atoms. The molecule has 2 aliphatic rings. The number of hydrogen-bond acceptors (Lipinski definition) is 7. The van der Waals surface area contributed by atoms with E-state index >= 15 is 0 Å². The number of carbonyl (C=O) groups excluding carboxylic acids is 3. The van der Waals surface area contributed by atoms with Crippen LogP contribution in [-0.2, 0) is 25.7 Å². The monoisotopic (exact) mass is 520 g/mol. The molecule has 0 aliphatic carbocycles. The Bertz CT molecular complexity index is 1190. The standard InChI is InChI=1S/C28H36N6O4/c1-27(2,3)38-26(37)28(20(13-14-33-28)19-8-5-4-6-9-19)25(36)34-15-7-10-22(34)24(35)32-17-18-11-12-21(23(29)30)31-16-18/h4-6,8-9,11-12,16,20,22,33H,7,10,13-15,17H2,1-3H3,(H3,29,30)(H,32,35)/t20?,22-,28-/m0/s1. The molecule has 2 fully saturated rings. The molecule has 1 unspecified atom stereocenters. The Morgan fingerprint density at radius 3 is 2.55 bits per heavy atom. The van der Waals surface area contributed by atoms with Crippen LogP contribution < -0.4 is 16.4 Å². The van der Waals surface area contributed by atoms with E-state index in [1.165, 1.54) is 4.90 Å². The summed E-state index contributed by atoms with van der Waals surface area (Å²) in [6.07, 6.45) is 3.29. The van der Waals surface area contributed by atoms with E-state index in [2.05, 4.69) is 15.6 Å². The molecule has 1 aromatic carbocycles. The molecular weight excluding hydrogens is 484 g/mol. The van der Waals surface area contributed by atoms with Crippen molar-refractivity contribution in [1.82, 2.24) is 20.5 Å². The average molecular weight is 521 g/mol. The lowest BCUT2D eigenvalue weighted by Gasteiger charge is -2.38. The molecule has 10 heteroatoms. The number of hydrogen-bond donors (Lipinski definition) is 4. The van der Waals surface area contributed by atoms with Crippen molar-refractivity contribution in [2.45, 2.75) is 69.7 Å². The zero-order chi connectivity index (χ0) is 27.5. The number of likely N-dealkylation sites (tertiary alicyclic amines) is 1. The van der Waals surface area contributed by atoms with Gasteiger partial charge in [0, 0.05) is 25.2 Å². The van der Waals surface area contributed by atoms with Crippen molar-refractivity contribution >= 4 is 23.6 Å². The van der Waals surface area contributed by atoms with E-state index in [0.717, 1.165) is 11.1 Å². The summed E-state index contributed by atoms with van der Waals surface area (Å²) in [6, 6.07) is 12.2. The van der Waals surface area contributed by atoms with Crippen LogP contribution in [0.25, 0.3) is 0 Å². The second-order valence-electron chi connectivity index (χ2n) is 10.8. The molecule has 10 nitrogen and oxygen atoms in total. The van der Waals surface area contributed by atoms with Gasteiger partial charge in [-0.1, -0.05) is 36.4 Å². The molecular formula is C28H36N6O4. The fraction of sp³-hybridized carbons (Fsp3) is 0.464. The summed E-state index contributed by atoms with van der Waals surface area (Å²) in [5.74, 6) is -1.90. The van der Waals surface area contributed by atoms with Gasteiger partial charge in [0.15, 0.2) is 0 Å². The van der Waals surface area contributed by atoms with Crippen LogP contribution in [0.15, 0.2) is 48.7 Å². The molecule has 2 amide bonds. The van der Waals surface area contributed by atoms with Crippen LogP contribution in [-0.4, -0.2) is 63.8 Å². The Kier molecular flexibility index (Phi) is 7.82. The van der Waals surface area contributed by atoms with Gasteiger partial charge in [-0.05, 0) is 63.8 Å². The van der Waals surface area contributed by atoms with Crippen LogP contribution >= 0.6 is 0 Å². The second kappa shape index (κ2) is 10.9. The SMILES string of the molecule is CC(C)(C)OC(=O)[C@]1(C(=O)N2CCC[C@H]2C(=O)NCc2ccc(C(=N)N)nc2)NCCC1c1ccccc1. The maximum atomic E-state index is 14.3. The zero-order valence-electron chi connectivity index (χ0n) is 22.1. The van der Waals surface area contributed by atoms with Gasteiger partial charge >= 0.3 is 5.97 Å². The smallest absolute Gasteiger partial charge is 0.337 e. The first-order valence-electron chi connectivity index (χ1n) is 12.9. The molecule has 2 saturated heterocycles. The van der Waals surface area contributed by atoms with E-state index in [4.69, 9.17) is 15.9 Å². The topological polar surface area (TPSA) is 150 Å². The summed E-state index contributed by atoms with van der Waals surface area (Å²) in [5.41, 5.74) is 5.02. The molecule has 0 spiro atoms. The maximum Gasteiger partial charge on any atom is 0.337 e. The van der Waals surface area contributed by atoms with Crippen molar-refractivity contribution in [3.8, 4) is 0 Å². The lowest BCUT2D eigenvalue weighted by atomic mass is 9.79. The number of ether oxygens (including phenoxy) is 1. The third-order valence-corrected chi connectivity index (χ3v) is 7.00. The molecule has 0 radical (unpaired) electrons. The number of nitrogens with zero attached hydrogens (tertiary/aromatic N) is 2. The van der Waals surface area contributed by atoms with Gasteiger partial charge in [0.05, 0.1) is 0 Å². The first-order chi connectivity index (χ1) is 18.0. The first kappa shape index (κ1) is 27.3. The minimum Gasteiger partial charge on any atom is -0.458 e.